The second kappa shape index (κ2) is 7.28. The molecule has 2 amide bonds. The van der Waals surface area contributed by atoms with Gasteiger partial charge in [0.2, 0.25) is 11.8 Å². The van der Waals surface area contributed by atoms with Gasteiger partial charge in [0.1, 0.15) is 11.6 Å². The SMILES string of the molecule is CCCC(C)CN1C(=O)C(C(C)C)NC(=O)C1(CC)CC. The lowest BCUT2D eigenvalue weighted by Gasteiger charge is -2.49. The zero-order chi connectivity index (χ0) is 16.2. The maximum atomic E-state index is 12.9. The third kappa shape index (κ3) is 3.41. The molecule has 0 spiro atoms. The number of carbonyl (C=O) groups excluding carboxylic acids is 2. The molecule has 1 heterocycles. The second-order valence-electron chi connectivity index (χ2n) is 6.78. The Labute approximate surface area is 129 Å². The monoisotopic (exact) mass is 296 g/mol. The number of carbonyl (C=O) groups is 2. The minimum atomic E-state index is -0.662. The molecule has 1 saturated heterocycles. The number of amides is 2. The number of rotatable bonds is 7. The highest BCUT2D eigenvalue weighted by atomic mass is 16.2. The summed E-state index contributed by atoms with van der Waals surface area (Å²) in [6, 6.07) is -0.377. The topological polar surface area (TPSA) is 49.4 Å². The molecule has 0 radical (unpaired) electrons. The van der Waals surface area contributed by atoms with Crippen LogP contribution in [0, 0.1) is 11.8 Å². The molecule has 1 aliphatic heterocycles. The van der Waals surface area contributed by atoms with Crippen molar-refractivity contribution in [2.75, 3.05) is 6.54 Å². The lowest BCUT2D eigenvalue weighted by Crippen LogP contribution is -2.71. The first-order chi connectivity index (χ1) is 9.83. The van der Waals surface area contributed by atoms with Gasteiger partial charge in [0.25, 0.3) is 0 Å². The number of hydrogen-bond donors (Lipinski definition) is 1. The van der Waals surface area contributed by atoms with Gasteiger partial charge in [0.05, 0.1) is 0 Å². The summed E-state index contributed by atoms with van der Waals surface area (Å²) in [6.45, 7) is 13.0. The summed E-state index contributed by atoms with van der Waals surface area (Å²) in [7, 11) is 0. The van der Waals surface area contributed by atoms with Crippen LogP contribution < -0.4 is 5.32 Å². The van der Waals surface area contributed by atoms with E-state index in [0.717, 1.165) is 12.8 Å². The van der Waals surface area contributed by atoms with Gasteiger partial charge in [0, 0.05) is 6.54 Å². The summed E-state index contributed by atoms with van der Waals surface area (Å²) >= 11 is 0. The van der Waals surface area contributed by atoms with Gasteiger partial charge in [-0.15, -0.1) is 0 Å². The molecule has 1 N–H and O–H groups in total. The molecule has 0 aromatic rings. The second-order valence-corrected chi connectivity index (χ2v) is 6.78. The van der Waals surface area contributed by atoms with Crippen molar-refractivity contribution < 1.29 is 9.59 Å². The first-order valence-electron chi connectivity index (χ1n) is 8.46. The fourth-order valence-electron chi connectivity index (χ4n) is 3.40. The van der Waals surface area contributed by atoms with Gasteiger partial charge in [-0.2, -0.15) is 0 Å². The molecule has 0 aliphatic carbocycles. The summed E-state index contributed by atoms with van der Waals surface area (Å²) in [6.07, 6.45) is 3.53. The zero-order valence-electron chi connectivity index (χ0n) is 14.5. The molecule has 1 fully saturated rings. The van der Waals surface area contributed by atoms with Crippen molar-refractivity contribution in [1.29, 1.82) is 0 Å². The molecule has 2 atom stereocenters. The molecule has 2 unspecified atom stereocenters. The summed E-state index contributed by atoms with van der Waals surface area (Å²) < 4.78 is 0. The third-order valence-electron chi connectivity index (χ3n) is 4.87. The van der Waals surface area contributed by atoms with E-state index < -0.39 is 5.54 Å². The smallest absolute Gasteiger partial charge is 0.246 e. The van der Waals surface area contributed by atoms with E-state index in [1.54, 1.807) is 0 Å². The van der Waals surface area contributed by atoms with Crippen molar-refractivity contribution in [3.05, 3.63) is 0 Å². The van der Waals surface area contributed by atoms with Crippen molar-refractivity contribution in [1.82, 2.24) is 10.2 Å². The lowest BCUT2D eigenvalue weighted by atomic mass is 9.83. The summed E-state index contributed by atoms with van der Waals surface area (Å²) in [5.41, 5.74) is -0.662. The predicted molar refractivity (Wildman–Crippen MR) is 85.9 cm³/mol. The highest BCUT2D eigenvalue weighted by Crippen LogP contribution is 2.31. The van der Waals surface area contributed by atoms with Gasteiger partial charge in [-0.1, -0.05) is 48.0 Å². The third-order valence-corrected chi connectivity index (χ3v) is 4.87. The molecule has 0 saturated carbocycles. The van der Waals surface area contributed by atoms with E-state index in [4.69, 9.17) is 0 Å². The van der Waals surface area contributed by atoms with Crippen molar-refractivity contribution >= 4 is 11.8 Å². The highest BCUT2D eigenvalue weighted by molar-refractivity contribution is 5.99. The first kappa shape index (κ1) is 18.0. The largest absolute Gasteiger partial charge is 0.342 e. The van der Waals surface area contributed by atoms with Gasteiger partial charge >= 0.3 is 0 Å². The van der Waals surface area contributed by atoms with E-state index in [-0.39, 0.29) is 23.8 Å². The zero-order valence-corrected chi connectivity index (χ0v) is 14.5. The van der Waals surface area contributed by atoms with Crippen LogP contribution in [0.15, 0.2) is 0 Å². The number of nitrogens with one attached hydrogen (secondary N) is 1. The van der Waals surface area contributed by atoms with Crippen LogP contribution in [0.4, 0.5) is 0 Å². The molecule has 4 nitrogen and oxygen atoms in total. The molecule has 0 aromatic carbocycles. The molecule has 122 valence electrons. The van der Waals surface area contributed by atoms with E-state index in [9.17, 15) is 9.59 Å². The molecular weight excluding hydrogens is 264 g/mol. The van der Waals surface area contributed by atoms with Crippen molar-refractivity contribution in [2.45, 2.75) is 78.8 Å². The number of hydrogen-bond acceptors (Lipinski definition) is 2. The number of piperazine rings is 1. The minimum Gasteiger partial charge on any atom is -0.342 e. The van der Waals surface area contributed by atoms with Crippen LogP contribution in [0.2, 0.25) is 0 Å². The molecule has 4 heteroatoms. The van der Waals surface area contributed by atoms with Gasteiger partial charge in [-0.3, -0.25) is 9.59 Å². The van der Waals surface area contributed by atoms with E-state index >= 15 is 0 Å². The molecule has 21 heavy (non-hydrogen) atoms. The molecule has 0 aromatic heterocycles. The Kier molecular flexibility index (Phi) is 6.24. The van der Waals surface area contributed by atoms with Gasteiger partial charge in [-0.25, -0.2) is 0 Å². The summed E-state index contributed by atoms with van der Waals surface area (Å²) in [5.74, 6) is 0.665. The Morgan fingerprint density at radius 1 is 1.14 bits per heavy atom. The van der Waals surface area contributed by atoms with Crippen LogP contribution in [0.3, 0.4) is 0 Å². The number of nitrogens with zero attached hydrogens (tertiary/aromatic N) is 1. The average Bonchev–Trinajstić information content (AvgIpc) is 2.43. The average molecular weight is 296 g/mol. The van der Waals surface area contributed by atoms with Crippen LogP contribution in [-0.4, -0.2) is 34.8 Å². The standard InChI is InChI=1S/C17H32N2O2/c1-7-10-13(6)11-19-15(20)14(12(4)5)18-16(21)17(19,8-2)9-3/h12-14H,7-11H2,1-6H3,(H,18,21). The molecule has 0 bridgehead atoms. The maximum Gasteiger partial charge on any atom is 0.246 e. The maximum absolute atomic E-state index is 12.9. The Balaban J connectivity index is 3.12. The minimum absolute atomic E-state index is 0.0227. The van der Waals surface area contributed by atoms with Crippen LogP contribution in [-0.2, 0) is 9.59 Å². The molecular formula is C17H32N2O2. The summed E-state index contributed by atoms with van der Waals surface area (Å²) in [5, 5.41) is 2.96. The first-order valence-corrected chi connectivity index (χ1v) is 8.46. The van der Waals surface area contributed by atoms with Gasteiger partial charge in [0.15, 0.2) is 0 Å². The van der Waals surface area contributed by atoms with Crippen LogP contribution in [0.1, 0.15) is 67.2 Å². The fraction of sp³-hybridized carbons (Fsp3) is 0.882. The van der Waals surface area contributed by atoms with Crippen LogP contribution >= 0.6 is 0 Å². The van der Waals surface area contributed by atoms with Crippen molar-refractivity contribution in [2.24, 2.45) is 11.8 Å². The normalized spacial score (nSPS) is 23.4. The Morgan fingerprint density at radius 3 is 2.14 bits per heavy atom. The van der Waals surface area contributed by atoms with Crippen molar-refractivity contribution in [3.8, 4) is 0 Å². The quantitative estimate of drug-likeness (QED) is 0.785. The molecule has 1 aliphatic rings. The Hall–Kier alpha value is -1.06. The fourth-order valence-corrected chi connectivity index (χ4v) is 3.40. The highest BCUT2D eigenvalue weighted by Gasteiger charge is 2.50. The van der Waals surface area contributed by atoms with E-state index in [0.29, 0.717) is 25.3 Å². The van der Waals surface area contributed by atoms with E-state index in [1.807, 2.05) is 32.6 Å². The van der Waals surface area contributed by atoms with Crippen LogP contribution in [0.5, 0.6) is 0 Å². The Bertz CT molecular complexity index is 375. The van der Waals surface area contributed by atoms with E-state index in [2.05, 4.69) is 19.2 Å². The predicted octanol–water partition coefficient (Wildman–Crippen LogP) is 2.96. The van der Waals surface area contributed by atoms with Crippen molar-refractivity contribution in [3.63, 3.8) is 0 Å². The van der Waals surface area contributed by atoms with Gasteiger partial charge in [-0.05, 0) is 31.1 Å². The van der Waals surface area contributed by atoms with E-state index in [1.165, 1.54) is 0 Å². The Morgan fingerprint density at radius 2 is 1.71 bits per heavy atom. The summed E-state index contributed by atoms with van der Waals surface area (Å²) in [4.78, 5) is 27.5. The lowest BCUT2D eigenvalue weighted by molar-refractivity contribution is -0.160. The van der Waals surface area contributed by atoms with Crippen LogP contribution in [0.25, 0.3) is 0 Å². The van der Waals surface area contributed by atoms with Gasteiger partial charge < -0.3 is 10.2 Å². The molecule has 1 rings (SSSR count).